The number of anilines is 2. The summed E-state index contributed by atoms with van der Waals surface area (Å²) in [4.78, 5) is 15.9. The first-order valence-electron chi connectivity index (χ1n) is 7.06. The van der Waals surface area contributed by atoms with E-state index < -0.39 is 10.2 Å². The first kappa shape index (κ1) is 15.3. The van der Waals surface area contributed by atoms with Crippen molar-refractivity contribution in [3.63, 3.8) is 0 Å². The molecule has 1 aromatic carbocycles. The van der Waals surface area contributed by atoms with Crippen molar-refractivity contribution in [2.24, 2.45) is 0 Å². The molecule has 0 atom stereocenters. The number of carbonyl (C=O) groups is 1. The molecule has 0 unspecified atom stereocenters. The van der Waals surface area contributed by atoms with Gasteiger partial charge in [-0.15, -0.1) is 0 Å². The maximum absolute atomic E-state index is 12.4. The van der Waals surface area contributed by atoms with Crippen molar-refractivity contribution in [2.45, 2.75) is 0 Å². The van der Waals surface area contributed by atoms with E-state index in [0.717, 1.165) is 0 Å². The Kier molecular flexibility index (Phi) is 3.91. The van der Waals surface area contributed by atoms with Crippen LogP contribution in [0.3, 0.4) is 0 Å². The molecular formula is C15H16N4O3S. The van der Waals surface area contributed by atoms with Gasteiger partial charge in [0.25, 0.3) is 5.91 Å². The monoisotopic (exact) mass is 332 g/mol. The minimum absolute atomic E-state index is 0.155. The summed E-state index contributed by atoms with van der Waals surface area (Å²) in [6.07, 6.45) is 1.53. The molecule has 0 radical (unpaired) electrons. The molecule has 1 aromatic heterocycles. The van der Waals surface area contributed by atoms with E-state index in [0.29, 0.717) is 17.1 Å². The Bertz CT molecular complexity index is 824. The Balaban J connectivity index is 1.70. The highest BCUT2D eigenvalue weighted by molar-refractivity contribution is 7.94. The summed E-state index contributed by atoms with van der Waals surface area (Å²) >= 11 is 0. The van der Waals surface area contributed by atoms with Crippen molar-refractivity contribution in [1.82, 2.24) is 10.3 Å². The van der Waals surface area contributed by atoms with Crippen LogP contribution in [0.5, 0.6) is 0 Å². The van der Waals surface area contributed by atoms with Gasteiger partial charge in [-0.25, -0.2) is 4.31 Å². The van der Waals surface area contributed by atoms with Gasteiger partial charge in [-0.1, -0.05) is 18.2 Å². The van der Waals surface area contributed by atoms with Gasteiger partial charge in [0.2, 0.25) is 0 Å². The molecule has 0 fully saturated rings. The number of hydrogen-bond acceptors (Lipinski definition) is 4. The van der Waals surface area contributed by atoms with Gasteiger partial charge in [-0.3, -0.25) is 14.1 Å². The summed E-state index contributed by atoms with van der Waals surface area (Å²) in [6, 6.07) is 12.1. The van der Waals surface area contributed by atoms with Crippen molar-refractivity contribution < 1.29 is 13.2 Å². The van der Waals surface area contributed by atoms with Crippen LogP contribution in [0.15, 0.2) is 48.7 Å². The highest BCUT2D eigenvalue weighted by Crippen LogP contribution is 2.38. The van der Waals surface area contributed by atoms with Crippen LogP contribution in [0.4, 0.5) is 11.4 Å². The normalized spacial score (nSPS) is 15.3. The minimum atomic E-state index is -3.59. The van der Waals surface area contributed by atoms with Gasteiger partial charge < -0.3 is 5.32 Å². The van der Waals surface area contributed by atoms with E-state index in [-0.39, 0.29) is 19.0 Å². The molecule has 0 saturated carbocycles. The minimum Gasteiger partial charge on any atom is -0.349 e. The molecule has 0 spiro atoms. The van der Waals surface area contributed by atoms with Gasteiger partial charge in [0.1, 0.15) is 5.69 Å². The Morgan fingerprint density at radius 3 is 2.52 bits per heavy atom. The molecule has 1 aliphatic heterocycles. The van der Waals surface area contributed by atoms with Gasteiger partial charge in [0.05, 0.1) is 17.9 Å². The fourth-order valence-corrected chi connectivity index (χ4v) is 3.86. The van der Waals surface area contributed by atoms with Crippen LogP contribution in [0.25, 0.3) is 0 Å². The summed E-state index contributed by atoms with van der Waals surface area (Å²) in [5.41, 5.74) is 1.54. The van der Waals surface area contributed by atoms with Gasteiger partial charge in [-0.2, -0.15) is 8.42 Å². The largest absolute Gasteiger partial charge is 0.349 e. The molecule has 0 saturated heterocycles. The molecule has 7 nitrogen and oxygen atoms in total. The van der Waals surface area contributed by atoms with Crippen molar-refractivity contribution in [1.29, 1.82) is 0 Å². The second-order valence-electron chi connectivity index (χ2n) is 5.01. The van der Waals surface area contributed by atoms with Crippen molar-refractivity contribution >= 4 is 27.5 Å². The third kappa shape index (κ3) is 2.72. The van der Waals surface area contributed by atoms with Crippen LogP contribution in [0, 0.1) is 0 Å². The van der Waals surface area contributed by atoms with Gasteiger partial charge >= 0.3 is 10.2 Å². The summed E-state index contributed by atoms with van der Waals surface area (Å²) in [5.74, 6) is -0.330. The number of nitrogens with zero attached hydrogens (tertiary/aromatic N) is 3. The van der Waals surface area contributed by atoms with E-state index in [9.17, 15) is 13.2 Å². The number of aromatic nitrogens is 1. The Hall–Kier alpha value is -2.61. The lowest BCUT2D eigenvalue weighted by Crippen LogP contribution is -2.40. The maximum atomic E-state index is 12.4. The fraction of sp³-hybridized carbons (Fsp3) is 0.200. The number of fused-ring (bicyclic) bond motifs is 1. The average Bonchev–Trinajstić information content (AvgIpc) is 2.76. The number of pyridine rings is 1. The first-order valence-corrected chi connectivity index (χ1v) is 8.46. The second kappa shape index (κ2) is 5.88. The number of nitrogens with one attached hydrogen (secondary N) is 1. The molecule has 8 heteroatoms. The second-order valence-corrected chi connectivity index (χ2v) is 6.89. The van der Waals surface area contributed by atoms with Gasteiger partial charge in [0.15, 0.2) is 0 Å². The summed E-state index contributed by atoms with van der Waals surface area (Å²) in [7, 11) is -2.07. The molecule has 1 amide bonds. The lowest BCUT2D eigenvalue weighted by Gasteiger charge is -2.19. The number of rotatable bonds is 4. The molecular weight excluding hydrogens is 316 g/mol. The standard InChI is InChI=1S/C15H16N4O3S/c1-18-13-7-2-3-8-14(13)19(23(18,21)22)11-10-17-15(20)12-6-4-5-9-16-12/h2-9H,10-11H2,1H3,(H,17,20). The van der Waals surface area contributed by atoms with Gasteiger partial charge in [0, 0.05) is 19.8 Å². The smallest absolute Gasteiger partial charge is 0.326 e. The molecule has 0 bridgehead atoms. The molecule has 2 heterocycles. The van der Waals surface area contributed by atoms with Crippen molar-refractivity contribution in [3.8, 4) is 0 Å². The molecule has 1 aliphatic rings. The SMILES string of the molecule is CN1c2ccccc2N(CCNC(=O)c2ccccn2)S1(=O)=O. The predicted octanol–water partition coefficient (Wildman–Crippen LogP) is 1.01. The molecule has 3 rings (SSSR count). The zero-order valence-corrected chi connectivity index (χ0v) is 13.3. The Morgan fingerprint density at radius 2 is 1.83 bits per heavy atom. The number of carbonyl (C=O) groups excluding carboxylic acids is 1. The topological polar surface area (TPSA) is 82.6 Å². The van der Waals surface area contributed by atoms with E-state index in [1.54, 1.807) is 42.5 Å². The Labute approximate surface area is 134 Å². The maximum Gasteiger partial charge on any atom is 0.326 e. The quantitative estimate of drug-likeness (QED) is 0.906. The highest BCUT2D eigenvalue weighted by Gasteiger charge is 2.37. The third-order valence-corrected chi connectivity index (χ3v) is 5.44. The fourth-order valence-electron chi connectivity index (χ4n) is 2.43. The van der Waals surface area contributed by atoms with Crippen LogP contribution in [0.1, 0.15) is 10.5 Å². The highest BCUT2D eigenvalue weighted by atomic mass is 32.2. The lowest BCUT2D eigenvalue weighted by molar-refractivity contribution is 0.0950. The summed E-state index contributed by atoms with van der Waals surface area (Å²) < 4.78 is 27.4. The molecule has 2 aromatic rings. The van der Waals surface area contributed by atoms with E-state index in [1.807, 2.05) is 0 Å². The van der Waals surface area contributed by atoms with E-state index in [1.165, 1.54) is 21.9 Å². The first-order chi connectivity index (χ1) is 11.0. The van der Waals surface area contributed by atoms with Crippen LogP contribution in [-0.4, -0.2) is 39.4 Å². The van der Waals surface area contributed by atoms with Crippen molar-refractivity contribution in [3.05, 3.63) is 54.4 Å². The van der Waals surface area contributed by atoms with Gasteiger partial charge in [-0.05, 0) is 24.3 Å². The predicted molar refractivity (Wildman–Crippen MR) is 87.7 cm³/mol. The van der Waals surface area contributed by atoms with Crippen LogP contribution in [0.2, 0.25) is 0 Å². The number of hydrogen-bond donors (Lipinski definition) is 1. The molecule has 0 aliphatic carbocycles. The molecule has 120 valence electrons. The third-order valence-electron chi connectivity index (χ3n) is 3.61. The lowest BCUT2D eigenvalue weighted by atomic mass is 10.2. The number of benzene rings is 1. The number of amides is 1. The Morgan fingerprint density at radius 1 is 1.13 bits per heavy atom. The summed E-state index contributed by atoms with van der Waals surface area (Å²) in [5, 5.41) is 2.68. The summed E-state index contributed by atoms with van der Waals surface area (Å²) in [6.45, 7) is 0.346. The molecule has 23 heavy (non-hydrogen) atoms. The molecule has 1 N–H and O–H groups in total. The van der Waals surface area contributed by atoms with Crippen LogP contribution >= 0.6 is 0 Å². The number of para-hydroxylation sites is 2. The zero-order valence-electron chi connectivity index (χ0n) is 12.5. The zero-order chi connectivity index (χ0) is 16.4. The van der Waals surface area contributed by atoms with Crippen LogP contribution in [-0.2, 0) is 10.2 Å². The van der Waals surface area contributed by atoms with E-state index >= 15 is 0 Å². The average molecular weight is 332 g/mol. The van der Waals surface area contributed by atoms with Crippen molar-refractivity contribution in [2.75, 3.05) is 28.7 Å². The van der Waals surface area contributed by atoms with E-state index in [4.69, 9.17) is 0 Å². The van der Waals surface area contributed by atoms with Crippen LogP contribution < -0.4 is 13.9 Å². The van der Waals surface area contributed by atoms with E-state index in [2.05, 4.69) is 10.3 Å².